The second-order valence-corrected chi connectivity index (χ2v) is 20.0. The highest BCUT2D eigenvalue weighted by Crippen LogP contribution is 2.14. The highest BCUT2D eigenvalue weighted by atomic mass is 16.4. The number of carboxylic acid groups (broad SMARTS) is 3. The Labute approximate surface area is 485 Å². The molecule has 83 heavy (non-hydrogen) atoms. The normalized spacial score (nSPS) is 14.5. The minimum absolute atomic E-state index is 0.00240. The van der Waals surface area contributed by atoms with E-state index in [0.29, 0.717) is 70.0 Å². The number of carboxylic acids is 3. The van der Waals surface area contributed by atoms with Crippen LogP contribution in [0.1, 0.15) is 135 Å². The zero-order valence-corrected chi connectivity index (χ0v) is 48.0. The molecule has 0 bridgehead atoms. The Morgan fingerprint density at radius 2 is 0.855 bits per heavy atom. The maximum absolute atomic E-state index is 14.3. The summed E-state index contributed by atoms with van der Waals surface area (Å²) in [5.41, 5.74) is 34.5. The summed E-state index contributed by atoms with van der Waals surface area (Å²) in [7, 11) is 0. The molecule has 29 nitrogen and oxygen atoms in total. The van der Waals surface area contributed by atoms with Crippen LogP contribution in [0.25, 0.3) is 0 Å². The highest BCUT2D eigenvalue weighted by Gasteiger charge is 2.36. The number of primary amides is 1. The molecule has 0 spiro atoms. The van der Waals surface area contributed by atoms with Gasteiger partial charge in [-0.05, 0) is 128 Å². The summed E-state index contributed by atoms with van der Waals surface area (Å²) in [5.74, 6) is -12.2. The minimum atomic E-state index is -1.91. The molecule has 0 aliphatic carbocycles. The number of carbonyl (C=O) groups excluding carboxylic acids is 9. The zero-order chi connectivity index (χ0) is 63.0. The van der Waals surface area contributed by atoms with E-state index in [1.807, 2.05) is 0 Å². The lowest BCUT2D eigenvalue weighted by molar-refractivity contribution is -0.142. The number of nitrogens with two attached hydrogens (primary N) is 6. The molecule has 0 heterocycles. The molecular weight excluding hydrogens is 1080 g/mol. The number of amides is 9. The first-order valence-corrected chi connectivity index (χ1v) is 28.0. The van der Waals surface area contributed by atoms with Gasteiger partial charge in [-0.25, -0.2) is 4.79 Å². The standard InChI is InChI=1S/C52H88N14O13.C2H4O2/c1-4-31(2)43(66-49(75)38(23-25-42(68)69)60-44(70)32(3)59-46(72)37(22-24-41(58)67)61-45(71)34(57)18-8-12-26-53)51(77)63-36(20-10-14-28-55)47(73)62-35(19-9-13-27-54)48(74)65-40(30-33-16-6-5-7-17-33)50(76)64-39(52(78)79)21-11-15-29-56;1-2(3)4/h3,5-7,16-17,31-32,34-40,43H,4,8-15,18-30,53-57H2,1-2H3,(H2,58,67)(H,59,72)(H,60,70)(H,61,71)(H,62,73)(H,63,77)(H,64,76)(H,65,74)(H,66,75)(H,68,69)(H,78,79);1H3,(H,3,4)/t31-,32-,34-,35-,36-,37-,38-,39-,40-,43-;/m0./s1. The summed E-state index contributed by atoms with van der Waals surface area (Å²) >= 11 is 0. The molecule has 0 fully saturated rings. The second-order valence-electron chi connectivity index (χ2n) is 20.0. The third-order valence-electron chi connectivity index (χ3n) is 12.9. The van der Waals surface area contributed by atoms with Gasteiger partial charge in [0.2, 0.25) is 53.2 Å². The van der Waals surface area contributed by atoms with Crippen molar-refractivity contribution in [2.24, 2.45) is 40.3 Å². The molecule has 0 saturated carbocycles. The first-order chi connectivity index (χ1) is 39.3. The van der Waals surface area contributed by atoms with Crippen molar-refractivity contribution in [1.82, 2.24) is 42.5 Å². The molecule has 468 valence electrons. The van der Waals surface area contributed by atoms with Gasteiger partial charge < -0.3 is 92.3 Å². The number of benzene rings is 1. The molecule has 9 amide bonds. The summed E-state index contributed by atoms with van der Waals surface area (Å²) in [6.45, 7) is 11.6. The zero-order valence-electron chi connectivity index (χ0n) is 48.0. The van der Waals surface area contributed by atoms with Crippen LogP contribution in [0, 0.1) is 12.8 Å². The van der Waals surface area contributed by atoms with Crippen molar-refractivity contribution in [2.75, 3.05) is 26.2 Å². The van der Waals surface area contributed by atoms with Crippen LogP contribution in [0.5, 0.6) is 0 Å². The van der Waals surface area contributed by atoms with Crippen molar-refractivity contribution in [1.29, 1.82) is 0 Å². The Morgan fingerprint density at radius 3 is 1.31 bits per heavy atom. The molecule has 1 aromatic rings. The summed E-state index contributed by atoms with van der Waals surface area (Å²) in [4.78, 5) is 155. The number of nitrogens with one attached hydrogen (secondary N) is 8. The quantitative estimate of drug-likeness (QED) is 0.0290. The third kappa shape index (κ3) is 33.4. The monoisotopic (exact) mass is 1180 g/mol. The Kier molecular flexibility index (Phi) is 39.5. The van der Waals surface area contributed by atoms with Crippen molar-refractivity contribution in [3.8, 4) is 0 Å². The average molecular weight is 1180 g/mol. The number of aliphatic carboxylic acids is 3. The van der Waals surface area contributed by atoms with Gasteiger partial charge in [-0.2, -0.15) is 0 Å². The fourth-order valence-electron chi connectivity index (χ4n) is 7.96. The van der Waals surface area contributed by atoms with Crippen LogP contribution in [-0.4, -0.2) is 167 Å². The first-order valence-electron chi connectivity index (χ1n) is 28.0. The third-order valence-corrected chi connectivity index (χ3v) is 12.9. The van der Waals surface area contributed by atoms with Crippen molar-refractivity contribution >= 4 is 71.1 Å². The molecule has 0 aromatic heterocycles. The van der Waals surface area contributed by atoms with E-state index in [4.69, 9.17) is 51.2 Å². The van der Waals surface area contributed by atoms with Gasteiger partial charge in [0.1, 0.15) is 48.3 Å². The van der Waals surface area contributed by atoms with Gasteiger partial charge in [-0.1, -0.05) is 57.0 Å². The molecule has 0 aliphatic heterocycles. The number of hydrogen-bond donors (Lipinski definition) is 17. The van der Waals surface area contributed by atoms with E-state index in [0.717, 1.165) is 6.92 Å². The molecule has 0 unspecified atom stereocenters. The molecule has 1 rings (SSSR count). The fraction of sp³-hybridized carbons (Fsp3) is 0.648. The molecule has 10 atom stereocenters. The average Bonchev–Trinajstić information content (AvgIpc) is 3.43. The predicted molar refractivity (Wildman–Crippen MR) is 305 cm³/mol. The molecule has 2 radical (unpaired) electrons. The molecule has 1 aromatic carbocycles. The van der Waals surface area contributed by atoms with E-state index >= 15 is 0 Å². The van der Waals surface area contributed by atoms with E-state index in [-0.39, 0.29) is 64.5 Å². The van der Waals surface area contributed by atoms with Crippen LogP contribution in [-0.2, 0) is 64.0 Å². The Morgan fingerprint density at radius 1 is 0.482 bits per heavy atom. The lowest BCUT2D eigenvalue weighted by Crippen LogP contribution is -2.61. The van der Waals surface area contributed by atoms with Gasteiger partial charge in [0.25, 0.3) is 5.97 Å². The Balaban J connectivity index is 0.0000162. The summed E-state index contributed by atoms with van der Waals surface area (Å²) < 4.78 is 0. The largest absolute Gasteiger partial charge is 0.481 e. The van der Waals surface area contributed by atoms with E-state index in [1.165, 1.54) is 0 Å². The van der Waals surface area contributed by atoms with E-state index in [2.05, 4.69) is 42.5 Å². The highest BCUT2D eigenvalue weighted by molar-refractivity contribution is 5.98. The van der Waals surface area contributed by atoms with Gasteiger partial charge >= 0.3 is 11.9 Å². The lowest BCUT2D eigenvalue weighted by atomic mass is 9.96. The fourth-order valence-corrected chi connectivity index (χ4v) is 7.96. The Bertz CT molecular complexity index is 2210. The van der Waals surface area contributed by atoms with Crippen LogP contribution < -0.4 is 76.9 Å². The van der Waals surface area contributed by atoms with Gasteiger partial charge in [0.15, 0.2) is 0 Å². The van der Waals surface area contributed by atoms with E-state index in [9.17, 15) is 63.0 Å². The number of carbonyl (C=O) groups is 12. The van der Waals surface area contributed by atoms with Gasteiger partial charge in [0, 0.05) is 26.2 Å². The molecule has 0 aliphatic rings. The maximum Gasteiger partial charge on any atom is 0.326 e. The van der Waals surface area contributed by atoms with E-state index < -0.39 is 144 Å². The molecule has 0 saturated heterocycles. The van der Waals surface area contributed by atoms with Crippen molar-refractivity contribution in [3.05, 3.63) is 42.8 Å². The maximum atomic E-state index is 14.3. The van der Waals surface area contributed by atoms with Crippen LogP contribution in [0.4, 0.5) is 0 Å². The SMILES string of the molecule is CC(=O)O.[CH][C@H](NC(=O)[C@H](CCC(N)=O)NC(=O)[C@@H](N)CCCCN)C(=O)N[C@@H](CCC(=O)O)C(=O)N[C@H](C(=O)N[C@@H](CCCCN)C(=O)N[C@@H](CCCCN)C(=O)N[C@@H](Cc1ccccc1)C(=O)N[C@@H](CCCCN)C(=O)O)[C@@H](C)CC. The topological polar surface area (TPSA) is 518 Å². The van der Waals surface area contributed by atoms with Crippen molar-refractivity contribution < 1.29 is 72.9 Å². The number of hydrogen-bond acceptors (Lipinski definition) is 17. The lowest BCUT2D eigenvalue weighted by Gasteiger charge is -2.29. The van der Waals surface area contributed by atoms with Crippen molar-refractivity contribution in [2.45, 2.75) is 191 Å². The van der Waals surface area contributed by atoms with Crippen LogP contribution in [0.3, 0.4) is 0 Å². The van der Waals surface area contributed by atoms with E-state index in [1.54, 1.807) is 44.2 Å². The second kappa shape index (κ2) is 43.4. The van der Waals surface area contributed by atoms with Crippen LogP contribution in [0.2, 0.25) is 0 Å². The van der Waals surface area contributed by atoms with Crippen LogP contribution in [0.15, 0.2) is 30.3 Å². The van der Waals surface area contributed by atoms with Gasteiger partial charge in [-0.15, -0.1) is 0 Å². The summed E-state index contributed by atoms with van der Waals surface area (Å²) in [5, 5.41) is 46.9. The number of rotatable bonds is 43. The molecular formula is C54H92N14O15. The van der Waals surface area contributed by atoms with Gasteiger partial charge in [0.05, 0.1) is 6.04 Å². The molecule has 23 N–H and O–H groups in total. The van der Waals surface area contributed by atoms with Crippen LogP contribution >= 0.6 is 0 Å². The predicted octanol–water partition coefficient (Wildman–Crippen LogP) is -2.99. The Hall–Kier alpha value is -7.34. The minimum Gasteiger partial charge on any atom is -0.481 e. The van der Waals surface area contributed by atoms with Crippen molar-refractivity contribution in [3.63, 3.8) is 0 Å². The smallest absolute Gasteiger partial charge is 0.326 e. The number of unbranched alkanes of at least 4 members (excludes halogenated alkanes) is 4. The first kappa shape index (κ1) is 75.7. The van der Waals surface area contributed by atoms with Gasteiger partial charge in [-0.3, -0.25) is 52.7 Å². The summed E-state index contributed by atoms with van der Waals surface area (Å²) in [6, 6.07) is -4.04. The molecule has 29 heteroatoms. The summed E-state index contributed by atoms with van der Waals surface area (Å²) in [6.07, 6.45) is 2.30.